The third-order valence-electron chi connectivity index (χ3n) is 6.06. The van der Waals surface area contributed by atoms with Gasteiger partial charge in [-0.2, -0.15) is 0 Å². The number of nitrogens with zero attached hydrogens (tertiary/aromatic N) is 2. The van der Waals surface area contributed by atoms with Crippen molar-refractivity contribution in [2.45, 2.75) is 25.0 Å². The number of carbonyl (C=O) groups excluding carboxylic acids is 1. The van der Waals surface area contributed by atoms with Crippen molar-refractivity contribution in [1.29, 1.82) is 0 Å². The normalized spacial score (nSPS) is 15.9. The number of hydrogen-bond donors (Lipinski definition) is 3. The summed E-state index contributed by atoms with van der Waals surface area (Å²) in [4.78, 5) is 18.7. The Morgan fingerprint density at radius 2 is 1.91 bits per heavy atom. The number of fused-ring (bicyclic) bond motifs is 1. The molecule has 7 nitrogen and oxygen atoms in total. The van der Waals surface area contributed by atoms with Crippen LogP contribution in [0.25, 0.3) is 10.9 Å². The molecule has 1 atom stereocenters. The second kappa shape index (κ2) is 10.9. The molecule has 0 bridgehead atoms. The van der Waals surface area contributed by atoms with E-state index in [1.165, 1.54) is 0 Å². The van der Waals surface area contributed by atoms with Gasteiger partial charge in [0.05, 0.1) is 25.3 Å². The van der Waals surface area contributed by atoms with Crippen LogP contribution in [0.5, 0.6) is 5.75 Å². The molecule has 34 heavy (non-hydrogen) atoms. The number of aliphatic hydroxyl groups is 1. The zero-order valence-electron chi connectivity index (χ0n) is 18.9. The number of likely N-dealkylation sites (tertiary alicyclic amines) is 1. The van der Waals surface area contributed by atoms with Crippen molar-refractivity contribution < 1.29 is 23.4 Å². The van der Waals surface area contributed by atoms with Crippen LogP contribution in [0.4, 0.5) is 14.5 Å². The summed E-state index contributed by atoms with van der Waals surface area (Å²) in [6.45, 7) is 2.10. The van der Waals surface area contributed by atoms with Gasteiger partial charge in [0.2, 0.25) is 5.91 Å². The highest BCUT2D eigenvalue weighted by atomic mass is 19.1. The van der Waals surface area contributed by atoms with Crippen LogP contribution in [-0.4, -0.2) is 60.2 Å². The van der Waals surface area contributed by atoms with Crippen LogP contribution in [0.15, 0.2) is 48.7 Å². The number of benzene rings is 2. The average molecular weight is 471 g/mol. The van der Waals surface area contributed by atoms with E-state index >= 15 is 0 Å². The first-order chi connectivity index (χ1) is 16.4. The SMILES string of the molecule is COc1ccc2nccc(C(O)CN3CCC(NCC(=O)Nc4cc(F)cc(F)c4)CC3)c2c1. The molecular formula is C25H28F2N4O3. The molecule has 1 unspecified atom stereocenters. The van der Waals surface area contributed by atoms with Gasteiger partial charge in [0.1, 0.15) is 17.4 Å². The maximum absolute atomic E-state index is 13.3. The van der Waals surface area contributed by atoms with Crippen LogP contribution < -0.4 is 15.4 Å². The molecule has 2 heterocycles. The fourth-order valence-electron chi connectivity index (χ4n) is 4.29. The molecule has 0 radical (unpaired) electrons. The van der Waals surface area contributed by atoms with Gasteiger partial charge in [-0.1, -0.05) is 0 Å². The third kappa shape index (κ3) is 6.05. The molecule has 180 valence electrons. The van der Waals surface area contributed by atoms with Crippen LogP contribution in [-0.2, 0) is 4.79 Å². The van der Waals surface area contributed by atoms with Crippen LogP contribution in [0.3, 0.4) is 0 Å². The number of rotatable bonds is 8. The predicted octanol–water partition coefficient (Wildman–Crippen LogP) is 3.25. The van der Waals surface area contributed by atoms with Gasteiger partial charge in [0.15, 0.2) is 0 Å². The lowest BCUT2D eigenvalue weighted by Crippen LogP contribution is -2.45. The van der Waals surface area contributed by atoms with Gasteiger partial charge in [-0.25, -0.2) is 8.78 Å². The topological polar surface area (TPSA) is 86.7 Å². The number of anilines is 1. The van der Waals surface area contributed by atoms with E-state index in [0.29, 0.717) is 12.3 Å². The quantitative estimate of drug-likeness (QED) is 0.469. The summed E-state index contributed by atoms with van der Waals surface area (Å²) in [5.74, 6) is -1.12. The van der Waals surface area contributed by atoms with Gasteiger partial charge in [-0.15, -0.1) is 0 Å². The van der Waals surface area contributed by atoms with Gasteiger partial charge >= 0.3 is 0 Å². The van der Waals surface area contributed by atoms with Crippen LogP contribution in [0.2, 0.25) is 0 Å². The Balaban J connectivity index is 1.25. The number of ether oxygens (including phenoxy) is 1. The number of pyridine rings is 1. The van der Waals surface area contributed by atoms with E-state index in [-0.39, 0.29) is 24.2 Å². The van der Waals surface area contributed by atoms with Gasteiger partial charge < -0.3 is 25.4 Å². The fourth-order valence-corrected chi connectivity index (χ4v) is 4.29. The van der Waals surface area contributed by atoms with E-state index in [1.807, 2.05) is 24.3 Å². The van der Waals surface area contributed by atoms with Crippen molar-refractivity contribution in [3.8, 4) is 5.75 Å². The number of aromatic nitrogens is 1. The lowest BCUT2D eigenvalue weighted by molar-refractivity contribution is -0.115. The fraction of sp³-hybridized carbons (Fsp3) is 0.360. The van der Waals surface area contributed by atoms with Crippen LogP contribution in [0, 0.1) is 11.6 Å². The Kier molecular flexibility index (Phi) is 7.66. The van der Waals surface area contributed by atoms with E-state index in [4.69, 9.17) is 4.74 Å². The first-order valence-electron chi connectivity index (χ1n) is 11.2. The Bertz CT molecular complexity index is 1130. The monoisotopic (exact) mass is 470 g/mol. The molecule has 3 N–H and O–H groups in total. The summed E-state index contributed by atoms with van der Waals surface area (Å²) in [5, 5.41) is 17.5. The summed E-state index contributed by atoms with van der Waals surface area (Å²) < 4.78 is 31.8. The largest absolute Gasteiger partial charge is 0.497 e. The first kappa shape index (κ1) is 24.0. The van der Waals surface area contributed by atoms with Gasteiger partial charge in [0, 0.05) is 35.9 Å². The summed E-state index contributed by atoms with van der Waals surface area (Å²) in [7, 11) is 1.61. The Labute approximate surface area is 196 Å². The number of β-amino-alcohol motifs (C(OH)–C–C–N with tert-alkyl or cyclic N) is 1. The highest BCUT2D eigenvalue weighted by molar-refractivity contribution is 5.92. The van der Waals surface area contributed by atoms with E-state index in [9.17, 15) is 18.7 Å². The molecule has 0 saturated carbocycles. The van der Waals surface area contributed by atoms with Crippen molar-refractivity contribution in [3.05, 3.63) is 65.9 Å². The minimum atomic E-state index is -0.739. The zero-order chi connectivity index (χ0) is 24.1. The number of halogens is 2. The predicted molar refractivity (Wildman–Crippen MR) is 126 cm³/mol. The Morgan fingerprint density at radius 3 is 2.62 bits per heavy atom. The molecule has 1 aliphatic rings. The van der Waals surface area contributed by atoms with E-state index in [2.05, 4.69) is 20.5 Å². The molecule has 2 aromatic carbocycles. The highest BCUT2D eigenvalue weighted by Gasteiger charge is 2.23. The minimum Gasteiger partial charge on any atom is -0.497 e. The molecule has 1 aliphatic heterocycles. The molecule has 4 rings (SSSR count). The molecule has 1 fully saturated rings. The lowest BCUT2D eigenvalue weighted by Gasteiger charge is -2.33. The van der Waals surface area contributed by atoms with Crippen molar-refractivity contribution >= 4 is 22.5 Å². The standard InChI is InChI=1S/C25H28F2N4O3/c1-34-20-2-3-23-22(13-20)21(4-7-28-23)24(32)15-31-8-5-18(6-9-31)29-14-25(33)30-19-11-16(26)10-17(27)12-19/h2-4,7,10-13,18,24,29,32H,5-6,8-9,14-15H2,1H3,(H,30,33). The molecule has 0 spiro atoms. The number of carbonyl (C=O) groups is 1. The summed E-state index contributed by atoms with van der Waals surface area (Å²) in [6.07, 6.45) is 2.67. The highest BCUT2D eigenvalue weighted by Crippen LogP contribution is 2.27. The first-order valence-corrected chi connectivity index (χ1v) is 11.2. The molecular weight excluding hydrogens is 442 g/mol. The zero-order valence-corrected chi connectivity index (χ0v) is 18.9. The summed E-state index contributed by atoms with van der Waals surface area (Å²) in [6, 6.07) is 10.5. The number of amides is 1. The second-order valence-electron chi connectivity index (χ2n) is 8.46. The van der Waals surface area contributed by atoms with Gasteiger partial charge in [-0.3, -0.25) is 9.78 Å². The van der Waals surface area contributed by atoms with E-state index < -0.39 is 17.7 Å². The Hall–Kier alpha value is -3.14. The number of piperidine rings is 1. The molecule has 9 heteroatoms. The number of hydrogen-bond acceptors (Lipinski definition) is 6. The minimum absolute atomic E-state index is 0.0518. The number of nitrogens with one attached hydrogen (secondary N) is 2. The summed E-state index contributed by atoms with van der Waals surface area (Å²) >= 11 is 0. The van der Waals surface area contributed by atoms with Crippen LogP contribution in [0.1, 0.15) is 24.5 Å². The molecule has 1 saturated heterocycles. The maximum Gasteiger partial charge on any atom is 0.238 e. The Morgan fingerprint density at radius 1 is 1.18 bits per heavy atom. The van der Waals surface area contributed by atoms with Crippen LogP contribution >= 0.6 is 0 Å². The van der Waals surface area contributed by atoms with Crippen molar-refractivity contribution in [2.75, 3.05) is 38.6 Å². The molecule has 3 aromatic rings. The number of methoxy groups -OCH3 is 1. The van der Waals surface area contributed by atoms with Crippen molar-refractivity contribution in [1.82, 2.24) is 15.2 Å². The average Bonchev–Trinajstić information content (AvgIpc) is 2.82. The molecule has 1 amide bonds. The second-order valence-corrected chi connectivity index (χ2v) is 8.46. The molecule has 1 aromatic heterocycles. The van der Waals surface area contributed by atoms with Crippen molar-refractivity contribution in [2.24, 2.45) is 0 Å². The smallest absolute Gasteiger partial charge is 0.238 e. The van der Waals surface area contributed by atoms with E-state index in [0.717, 1.165) is 60.6 Å². The molecule has 0 aliphatic carbocycles. The lowest BCUT2D eigenvalue weighted by atomic mass is 10.0. The third-order valence-corrected chi connectivity index (χ3v) is 6.06. The number of aliphatic hydroxyl groups excluding tert-OH is 1. The summed E-state index contributed by atoms with van der Waals surface area (Å²) in [5.41, 5.74) is 1.71. The maximum atomic E-state index is 13.3. The van der Waals surface area contributed by atoms with Crippen molar-refractivity contribution in [3.63, 3.8) is 0 Å². The van der Waals surface area contributed by atoms with Gasteiger partial charge in [0.25, 0.3) is 0 Å². The van der Waals surface area contributed by atoms with E-state index in [1.54, 1.807) is 13.3 Å². The van der Waals surface area contributed by atoms with Gasteiger partial charge in [-0.05, 0) is 67.9 Å².